The molecule has 1 aliphatic rings. The molecule has 1 nitrogen and oxygen atoms in total. The molecule has 2 N–H and O–H groups in total. The van der Waals surface area contributed by atoms with Gasteiger partial charge in [0.2, 0.25) is 0 Å². The molecule has 1 fully saturated rings. The van der Waals surface area contributed by atoms with Gasteiger partial charge in [0.1, 0.15) is 0 Å². The fourth-order valence-electron chi connectivity index (χ4n) is 6.71. The molecule has 0 radical (unpaired) electrons. The first-order valence-electron chi connectivity index (χ1n) is 11.3. The molecule has 26 heavy (non-hydrogen) atoms. The maximum absolute atomic E-state index is 6.16. The summed E-state index contributed by atoms with van der Waals surface area (Å²) in [6.45, 7) is 27.4. The second-order valence-corrected chi connectivity index (χ2v) is 10.4. The molecule has 1 saturated carbocycles. The Morgan fingerprint density at radius 3 is 2.08 bits per heavy atom. The minimum atomic E-state index is 0.359. The van der Waals surface area contributed by atoms with Crippen molar-refractivity contribution in [3.63, 3.8) is 0 Å². The summed E-state index contributed by atoms with van der Waals surface area (Å²) in [7, 11) is 0. The fraction of sp³-hybridized carbons (Fsp3) is 0.920. The third-order valence-electron chi connectivity index (χ3n) is 9.43. The van der Waals surface area contributed by atoms with E-state index in [4.69, 9.17) is 5.73 Å². The lowest BCUT2D eigenvalue weighted by molar-refractivity contribution is -0.0148. The van der Waals surface area contributed by atoms with E-state index in [1.54, 1.807) is 0 Å². The average Bonchev–Trinajstić information content (AvgIpc) is 2.66. The van der Waals surface area contributed by atoms with Crippen LogP contribution in [0.1, 0.15) is 101 Å². The Bertz CT molecular complexity index is 465. The minimum absolute atomic E-state index is 0.359. The summed E-state index contributed by atoms with van der Waals surface area (Å²) in [4.78, 5) is 0. The molecule has 0 aromatic rings. The second-order valence-electron chi connectivity index (χ2n) is 10.4. The quantitative estimate of drug-likeness (QED) is 0.351. The van der Waals surface area contributed by atoms with Crippen LogP contribution < -0.4 is 5.73 Å². The summed E-state index contributed by atoms with van der Waals surface area (Å²) in [5.41, 5.74) is 8.71. The lowest BCUT2D eigenvalue weighted by atomic mass is 9.53. The van der Waals surface area contributed by atoms with E-state index in [2.05, 4.69) is 68.9 Å². The molecule has 0 heterocycles. The van der Waals surface area contributed by atoms with Gasteiger partial charge in [0.05, 0.1) is 0 Å². The summed E-state index contributed by atoms with van der Waals surface area (Å²) < 4.78 is 0. The number of rotatable bonds is 8. The third kappa shape index (κ3) is 3.94. The van der Waals surface area contributed by atoms with Crippen molar-refractivity contribution in [2.45, 2.75) is 101 Å². The lowest BCUT2D eigenvalue weighted by Crippen LogP contribution is -2.45. The van der Waals surface area contributed by atoms with Crippen molar-refractivity contribution < 1.29 is 0 Å². The van der Waals surface area contributed by atoms with Crippen LogP contribution >= 0.6 is 0 Å². The van der Waals surface area contributed by atoms with Crippen LogP contribution in [0.4, 0.5) is 0 Å². The van der Waals surface area contributed by atoms with Gasteiger partial charge in [-0.15, -0.1) is 0 Å². The molecule has 6 atom stereocenters. The van der Waals surface area contributed by atoms with E-state index in [0.29, 0.717) is 34.0 Å². The molecule has 1 rings (SSSR count). The predicted octanol–water partition coefficient (Wildman–Crippen LogP) is 7.46. The largest absolute Gasteiger partial charge is 0.330 e. The molecular weight excluding hydrogens is 314 g/mol. The Morgan fingerprint density at radius 1 is 1.08 bits per heavy atom. The molecular formula is C25H49N. The zero-order valence-electron chi connectivity index (χ0n) is 19.5. The Hall–Kier alpha value is -0.300. The van der Waals surface area contributed by atoms with E-state index in [0.717, 1.165) is 25.3 Å². The second kappa shape index (κ2) is 8.80. The van der Waals surface area contributed by atoms with E-state index >= 15 is 0 Å². The Labute approximate surface area is 165 Å². The molecule has 0 aliphatic heterocycles. The minimum Gasteiger partial charge on any atom is -0.330 e. The number of nitrogens with two attached hydrogens (primary N) is 1. The van der Waals surface area contributed by atoms with E-state index in [1.165, 1.54) is 31.3 Å². The highest BCUT2D eigenvalue weighted by Crippen LogP contribution is 2.63. The molecule has 1 aliphatic carbocycles. The highest BCUT2D eigenvalue weighted by Gasteiger charge is 2.55. The molecule has 1 heteroatoms. The van der Waals surface area contributed by atoms with Gasteiger partial charge < -0.3 is 5.73 Å². The predicted molar refractivity (Wildman–Crippen MR) is 118 cm³/mol. The van der Waals surface area contributed by atoms with Crippen LogP contribution in [0.5, 0.6) is 0 Å². The standard InChI is InChI=1S/C25H49N/c1-11-18(4)20(6)21(7)25(13-3)19(5)16-24(10,12-2)23(8,9)17-22(25)14-15-26/h19-22H,4,11-17,26H2,1-3,5-10H3/t19?,20?,21-,22?,24-,25?/m0/s1. The molecule has 0 aromatic heterocycles. The molecule has 0 spiro atoms. The Kier molecular flexibility index (Phi) is 8.04. The van der Waals surface area contributed by atoms with E-state index < -0.39 is 0 Å². The normalized spacial score (nSPS) is 37.0. The monoisotopic (exact) mass is 363 g/mol. The van der Waals surface area contributed by atoms with Crippen molar-refractivity contribution in [3.05, 3.63) is 12.2 Å². The topological polar surface area (TPSA) is 26.0 Å². The van der Waals surface area contributed by atoms with Crippen LogP contribution in [-0.4, -0.2) is 6.54 Å². The van der Waals surface area contributed by atoms with Gasteiger partial charge in [0.25, 0.3) is 0 Å². The van der Waals surface area contributed by atoms with Gasteiger partial charge in [0, 0.05) is 0 Å². The molecule has 0 bridgehead atoms. The molecule has 0 aromatic carbocycles. The highest BCUT2D eigenvalue weighted by molar-refractivity contribution is 5.09. The van der Waals surface area contributed by atoms with Crippen molar-refractivity contribution in [1.82, 2.24) is 0 Å². The molecule has 4 unspecified atom stereocenters. The van der Waals surface area contributed by atoms with E-state index in [-0.39, 0.29) is 0 Å². The lowest BCUT2D eigenvalue weighted by Gasteiger charge is -2.51. The van der Waals surface area contributed by atoms with Gasteiger partial charge >= 0.3 is 0 Å². The number of hydrogen-bond donors (Lipinski definition) is 1. The first-order valence-corrected chi connectivity index (χ1v) is 11.3. The average molecular weight is 364 g/mol. The highest BCUT2D eigenvalue weighted by atomic mass is 14.6. The SMILES string of the molecule is C=C(CC)C(C)[C@H](C)C1(CC)C(C)C[C@](C)(CC)C(C)(C)CC1CCN. The van der Waals surface area contributed by atoms with Crippen LogP contribution in [0.3, 0.4) is 0 Å². The zero-order chi connectivity index (χ0) is 20.3. The summed E-state index contributed by atoms with van der Waals surface area (Å²) in [5, 5.41) is 0. The first-order chi connectivity index (χ1) is 12.0. The van der Waals surface area contributed by atoms with Crippen LogP contribution in [0.2, 0.25) is 0 Å². The van der Waals surface area contributed by atoms with Gasteiger partial charge in [-0.2, -0.15) is 0 Å². The summed E-state index contributed by atoms with van der Waals surface area (Å²) in [6.07, 6.45) is 7.43. The Balaban J connectivity index is 3.51. The van der Waals surface area contributed by atoms with Gasteiger partial charge in [-0.3, -0.25) is 0 Å². The van der Waals surface area contributed by atoms with Gasteiger partial charge in [-0.25, -0.2) is 0 Å². The zero-order valence-corrected chi connectivity index (χ0v) is 19.5. The van der Waals surface area contributed by atoms with Crippen molar-refractivity contribution in [1.29, 1.82) is 0 Å². The summed E-state index contributed by atoms with van der Waals surface area (Å²) in [6, 6.07) is 0. The third-order valence-corrected chi connectivity index (χ3v) is 9.43. The van der Waals surface area contributed by atoms with Gasteiger partial charge in [-0.05, 0) is 78.6 Å². The van der Waals surface area contributed by atoms with Gasteiger partial charge in [0.15, 0.2) is 0 Å². The summed E-state index contributed by atoms with van der Waals surface area (Å²) >= 11 is 0. The van der Waals surface area contributed by atoms with Gasteiger partial charge in [-0.1, -0.05) is 80.9 Å². The molecule has 154 valence electrons. The van der Waals surface area contributed by atoms with Crippen molar-refractivity contribution in [2.24, 2.45) is 45.7 Å². The fourth-order valence-corrected chi connectivity index (χ4v) is 6.71. The van der Waals surface area contributed by atoms with Crippen molar-refractivity contribution >= 4 is 0 Å². The van der Waals surface area contributed by atoms with Crippen LogP contribution in [0.25, 0.3) is 0 Å². The first kappa shape index (κ1) is 23.7. The summed E-state index contributed by atoms with van der Waals surface area (Å²) in [5.74, 6) is 2.66. The van der Waals surface area contributed by atoms with E-state index in [9.17, 15) is 0 Å². The smallest absolute Gasteiger partial charge is 0.00744 e. The van der Waals surface area contributed by atoms with Crippen LogP contribution in [0, 0.1) is 39.9 Å². The van der Waals surface area contributed by atoms with E-state index in [1.807, 2.05) is 0 Å². The van der Waals surface area contributed by atoms with Crippen LogP contribution in [-0.2, 0) is 0 Å². The van der Waals surface area contributed by atoms with Crippen LogP contribution in [0.15, 0.2) is 12.2 Å². The van der Waals surface area contributed by atoms with Crippen molar-refractivity contribution in [2.75, 3.05) is 6.54 Å². The van der Waals surface area contributed by atoms with Crippen molar-refractivity contribution in [3.8, 4) is 0 Å². The Morgan fingerprint density at radius 2 is 1.65 bits per heavy atom. The maximum Gasteiger partial charge on any atom is -0.00744 e. The number of hydrogen-bond acceptors (Lipinski definition) is 1. The maximum atomic E-state index is 6.16. The number of allylic oxidation sites excluding steroid dienone is 1. The molecule has 0 amide bonds. The molecule has 0 saturated heterocycles.